The summed E-state index contributed by atoms with van der Waals surface area (Å²) >= 11 is 0. The monoisotopic (exact) mass is 264 g/mol. The Balaban J connectivity index is 1.97. The summed E-state index contributed by atoms with van der Waals surface area (Å²) in [4.78, 5) is 11.5. The van der Waals surface area contributed by atoms with E-state index in [9.17, 15) is 0 Å². The topological polar surface area (TPSA) is 50.3 Å². The zero-order valence-corrected chi connectivity index (χ0v) is 12.0. The first-order chi connectivity index (χ1) is 9.29. The highest BCUT2D eigenvalue weighted by molar-refractivity contribution is 5.43. The number of aryl methyl sites for hydroxylation is 1. The number of aromatic nitrogens is 2. The average molecular weight is 264 g/mol. The predicted octanol–water partition coefficient (Wildman–Crippen LogP) is 2.22. The lowest BCUT2D eigenvalue weighted by Gasteiger charge is -2.27. The van der Waals surface area contributed by atoms with Crippen LogP contribution in [0.25, 0.3) is 0 Å². The summed E-state index contributed by atoms with van der Waals surface area (Å²) < 4.78 is 5.04. The van der Waals surface area contributed by atoms with Crippen LogP contribution in [0.2, 0.25) is 0 Å². The summed E-state index contributed by atoms with van der Waals surface area (Å²) in [5, 5.41) is 3.34. The molecular weight excluding hydrogens is 240 g/mol. The van der Waals surface area contributed by atoms with Crippen molar-refractivity contribution in [1.29, 1.82) is 0 Å². The first-order valence-corrected chi connectivity index (χ1v) is 7.13. The molecule has 0 radical (unpaired) electrons. The Morgan fingerprint density at radius 1 is 1.26 bits per heavy atom. The summed E-state index contributed by atoms with van der Waals surface area (Å²) in [5.74, 6) is 1.79. The van der Waals surface area contributed by atoms with Crippen LogP contribution in [0.15, 0.2) is 6.07 Å². The van der Waals surface area contributed by atoms with Gasteiger partial charge in [0, 0.05) is 45.1 Å². The molecule has 2 rings (SSSR count). The van der Waals surface area contributed by atoms with Crippen molar-refractivity contribution >= 4 is 11.8 Å². The number of nitrogens with zero attached hydrogens (tertiary/aromatic N) is 3. The number of ether oxygens (including phenoxy) is 1. The lowest BCUT2D eigenvalue weighted by molar-refractivity contribution is 0.198. The highest BCUT2D eigenvalue weighted by atomic mass is 16.5. The van der Waals surface area contributed by atoms with E-state index in [-0.39, 0.29) is 0 Å². The highest BCUT2D eigenvalue weighted by Crippen LogP contribution is 2.18. The number of rotatable bonds is 6. The third-order valence-corrected chi connectivity index (χ3v) is 3.31. The van der Waals surface area contributed by atoms with E-state index in [0.717, 1.165) is 50.1 Å². The lowest BCUT2D eigenvalue weighted by atomic mass is 10.1. The fraction of sp³-hybridized carbons (Fsp3) is 0.714. The second kappa shape index (κ2) is 7.28. The van der Waals surface area contributed by atoms with Gasteiger partial charge in [-0.25, -0.2) is 4.98 Å². The van der Waals surface area contributed by atoms with Gasteiger partial charge in [0.15, 0.2) is 0 Å². The molecule has 2 heterocycles. The fourth-order valence-electron chi connectivity index (χ4n) is 2.31. The first kappa shape index (κ1) is 14.1. The van der Waals surface area contributed by atoms with Crippen molar-refractivity contribution in [3.63, 3.8) is 0 Å². The van der Waals surface area contributed by atoms with Gasteiger partial charge in [0.25, 0.3) is 0 Å². The SMILES string of the molecule is COCCCNc1cc(C)nc(N2CCCCC2)n1. The standard InChI is InChI=1S/C14H24N4O/c1-12-11-13(15-7-6-10-19-2)17-14(16-12)18-8-4-3-5-9-18/h11H,3-10H2,1-2H3,(H,15,16,17). The fourth-order valence-corrected chi connectivity index (χ4v) is 2.31. The molecule has 1 saturated heterocycles. The molecule has 19 heavy (non-hydrogen) atoms. The van der Waals surface area contributed by atoms with E-state index < -0.39 is 0 Å². The second-order valence-corrected chi connectivity index (χ2v) is 5.02. The minimum Gasteiger partial charge on any atom is -0.385 e. The van der Waals surface area contributed by atoms with E-state index in [0.29, 0.717) is 0 Å². The minimum absolute atomic E-state index is 0.774. The van der Waals surface area contributed by atoms with Crippen LogP contribution in [0.3, 0.4) is 0 Å². The normalized spacial score (nSPS) is 15.6. The Morgan fingerprint density at radius 2 is 2.05 bits per heavy atom. The van der Waals surface area contributed by atoms with Crippen LogP contribution in [0.1, 0.15) is 31.4 Å². The number of nitrogens with one attached hydrogen (secondary N) is 1. The average Bonchev–Trinajstić information content (AvgIpc) is 2.44. The van der Waals surface area contributed by atoms with Crippen LogP contribution < -0.4 is 10.2 Å². The van der Waals surface area contributed by atoms with E-state index in [1.165, 1.54) is 19.3 Å². The Bertz CT molecular complexity index is 391. The van der Waals surface area contributed by atoms with Gasteiger partial charge >= 0.3 is 0 Å². The van der Waals surface area contributed by atoms with Gasteiger partial charge in [-0.1, -0.05) is 0 Å². The van der Waals surface area contributed by atoms with Gasteiger partial charge in [-0.05, 0) is 32.6 Å². The molecular formula is C14H24N4O. The molecule has 0 amide bonds. The van der Waals surface area contributed by atoms with E-state index in [2.05, 4.69) is 20.2 Å². The maximum atomic E-state index is 5.04. The Labute approximate surface area is 115 Å². The largest absolute Gasteiger partial charge is 0.385 e. The number of hydrogen-bond donors (Lipinski definition) is 1. The van der Waals surface area contributed by atoms with Gasteiger partial charge < -0.3 is 15.0 Å². The molecule has 0 aliphatic carbocycles. The lowest BCUT2D eigenvalue weighted by Crippen LogP contribution is -2.31. The molecule has 1 aliphatic rings. The molecule has 106 valence electrons. The minimum atomic E-state index is 0.774. The summed E-state index contributed by atoms with van der Waals surface area (Å²) in [6, 6.07) is 2.00. The third-order valence-electron chi connectivity index (χ3n) is 3.31. The molecule has 5 nitrogen and oxygen atoms in total. The zero-order chi connectivity index (χ0) is 13.5. The summed E-state index contributed by atoms with van der Waals surface area (Å²) in [5.41, 5.74) is 1.02. The molecule has 0 bridgehead atoms. The van der Waals surface area contributed by atoms with E-state index in [4.69, 9.17) is 4.74 Å². The van der Waals surface area contributed by atoms with Gasteiger partial charge in [-0.3, -0.25) is 0 Å². The molecule has 0 spiro atoms. The first-order valence-electron chi connectivity index (χ1n) is 7.13. The smallest absolute Gasteiger partial charge is 0.227 e. The quantitative estimate of drug-likeness (QED) is 0.798. The third kappa shape index (κ3) is 4.35. The van der Waals surface area contributed by atoms with Crippen LogP contribution in [-0.2, 0) is 4.74 Å². The van der Waals surface area contributed by atoms with Gasteiger partial charge in [-0.2, -0.15) is 4.98 Å². The van der Waals surface area contributed by atoms with Crippen molar-refractivity contribution in [2.45, 2.75) is 32.6 Å². The number of anilines is 2. The van der Waals surface area contributed by atoms with Crippen LogP contribution in [0.4, 0.5) is 11.8 Å². The van der Waals surface area contributed by atoms with Crippen LogP contribution in [0, 0.1) is 6.92 Å². The molecule has 0 saturated carbocycles. The number of piperidine rings is 1. The van der Waals surface area contributed by atoms with Gasteiger partial charge in [-0.15, -0.1) is 0 Å². The van der Waals surface area contributed by atoms with Crippen molar-refractivity contribution in [2.24, 2.45) is 0 Å². The maximum Gasteiger partial charge on any atom is 0.227 e. The zero-order valence-electron chi connectivity index (χ0n) is 12.0. The molecule has 5 heteroatoms. The van der Waals surface area contributed by atoms with E-state index in [1.54, 1.807) is 7.11 Å². The molecule has 0 atom stereocenters. The molecule has 1 aromatic heterocycles. The summed E-state index contributed by atoms with van der Waals surface area (Å²) in [6.45, 7) is 5.83. The van der Waals surface area contributed by atoms with Gasteiger partial charge in [0.05, 0.1) is 0 Å². The van der Waals surface area contributed by atoms with Crippen molar-refractivity contribution in [2.75, 3.05) is 43.6 Å². The Hall–Kier alpha value is -1.36. The van der Waals surface area contributed by atoms with Gasteiger partial charge in [0.1, 0.15) is 5.82 Å². The van der Waals surface area contributed by atoms with Crippen LogP contribution in [0.5, 0.6) is 0 Å². The van der Waals surface area contributed by atoms with E-state index >= 15 is 0 Å². The van der Waals surface area contributed by atoms with Crippen molar-refractivity contribution in [3.8, 4) is 0 Å². The van der Waals surface area contributed by atoms with E-state index in [1.807, 2.05) is 13.0 Å². The number of methoxy groups -OCH3 is 1. The summed E-state index contributed by atoms with van der Waals surface area (Å²) in [7, 11) is 1.73. The van der Waals surface area contributed by atoms with Crippen molar-refractivity contribution < 1.29 is 4.74 Å². The molecule has 1 aromatic rings. The molecule has 1 N–H and O–H groups in total. The summed E-state index contributed by atoms with van der Waals surface area (Å²) in [6.07, 6.45) is 4.80. The predicted molar refractivity (Wildman–Crippen MR) is 77.8 cm³/mol. The second-order valence-electron chi connectivity index (χ2n) is 5.02. The Morgan fingerprint density at radius 3 is 2.79 bits per heavy atom. The van der Waals surface area contributed by atoms with Crippen molar-refractivity contribution in [1.82, 2.24) is 9.97 Å². The number of hydrogen-bond acceptors (Lipinski definition) is 5. The van der Waals surface area contributed by atoms with Crippen molar-refractivity contribution in [3.05, 3.63) is 11.8 Å². The Kier molecular flexibility index (Phi) is 5.39. The van der Waals surface area contributed by atoms with Crippen LogP contribution >= 0.6 is 0 Å². The molecule has 0 aromatic carbocycles. The molecule has 1 fully saturated rings. The maximum absolute atomic E-state index is 5.04. The van der Waals surface area contributed by atoms with Crippen LogP contribution in [-0.4, -0.2) is 43.3 Å². The van der Waals surface area contributed by atoms with Gasteiger partial charge in [0.2, 0.25) is 5.95 Å². The molecule has 0 unspecified atom stereocenters. The molecule has 1 aliphatic heterocycles. The highest BCUT2D eigenvalue weighted by Gasteiger charge is 2.14.